The van der Waals surface area contributed by atoms with Crippen LogP contribution in [0.25, 0.3) is 0 Å². The van der Waals surface area contributed by atoms with E-state index in [4.69, 9.17) is 5.73 Å². The second kappa shape index (κ2) is 6.21. The summed E-state index contributed by atoms with van der Waals surface area (Å²) in [6.45, 7) is 2.78. The van der Waals surface area contributed by atoms with E-state index in [0.717, 1.165) is 12.1 Å². The molecule has 5 heteroatoms. The molecule has 0 saturated carbocycles. The predicted molar refractivity (Wildman–Crippen MR) is 78.2 cm³/mol. The van der Waals surface area contributed by atoms with Crippen LogP contribution in [-0.2, 0) is 16.0 Å². The Kier molecular flexibility index (Phi) is 4.61. The van der Waals surface area contributed by atoms with Gasteiger partial charge >= 0.3 is 0 Å². The number of carbonyl (C=O) groups excluding carboxylic acids is 2. The highest BCUT2D eigenvalue weighted by atomic mass is 32.2. The number of carbonyl (C=O) groups is 2. The highest BCUT2D eigenvalue weighted by Crippen LogP contribution is 2.28. The highest BCUT2D eigenvalue weighted by Gasteiger charge is 2.31. The highest BCUT2D eigenvalue weighted by molar-refractivity contribution is 8.14. The van der Waals surface area contributed by atoms with Crippen molar-refractivity contribution in [3.8, 4) is 0 Å². The Hall–Kier alpha value is -1.33. The standard InChI is InChI=1S/C14H18N2O2S/c1-10(17)19-13-8-14(18)16(9-13)12-4-2-11(3-5-12)6-7-15/h2-5,13H,6-9,15H2,1H3. The van der Waals surface area contributed by atoms with Gasteiger partial charge in [-0.05, 0) is 30.7 Å². The number of anilines is 1. The lowest BCUT2D eigenvalue weighted by Gasteiger charge is -2.16. The molecule has 1 heterocycles. The molecule has 2 rings (SSSR count). The number of rotatable bonds is 4. The quantitative estimate of drug-likeness (QED) is 0.908. The third kappa shape index (κ3) is 3.58. The molecule has 1 unspecified atom stereocenters. The predicted octanol–water partition coefficient (Wildman–Crippen LogP) is 1.57. The van der Waals surface area contributed by atoms with E-state index >= 15 is 0 Å². The van der Waals surface area contributed by atoms with Crippen molar-refractivity contribution in [1.29, 1.82) is 0 Å². The summed E-state index contributed by atoms with van der Waals surface area (Å²) in [6, 6.07) is 7.90. The van der Waals surface area contributed by atoms with Gasteiger partial charge in [-0.25, -0.2) is 0 Å². The zero-order chi connectivity index (χ0) is 13.8. The fraction of sp³-hybridized carbons (Fsp3) is 0.429. The summed E-state index contributed by atoms with van der Waals surface area (Å²) in [5.74, 6) is 0.0883. The molecule has 1 aromatic carbocycles. The van der Waals surface area contributed by atoms with E-state index in [1.165, 1.54) is 17.3 Å². The fourth-order valence-electron chi connectivity index (χ4n) is 2.25. The first kappa shape index (κ1) is 14.1. The van der Waals surface area contributed by atoms with Crippen LogP contribution in [0, 0.1) is 0 Å². The van der Waals surface area contributed by atoms with Crippen molar-refractivity contribution in [2.45, 2.75) is 25.0 Å². The molecular weight excluding hydrogens is 260 g/mol. The van der Waals surface area contributed by atoms with Crippen LogP contribution in [0.2, 0.25) is 0 Å². The van der Waals surface area contributed by atoms with Crippen molar-refractivity contribution in [2.24, 2.45) is 5.73 Å². The van der Waals surface area contributed by atoms with E-state index in [-0.39, 0.29) is 16.3 Å². The maximum atomic E-state index is 12.0. The van der Waals surface area contributed by atoms with Crippen LogP contribution in [0.4, 0.5) is 5.69 Å². The molecule has 0 spiro atoms. The number of hydrogen-bond acceptors (Lipinski definition) is 4. The number of hydrogen-bond donors (Lipinski definition) is 1. The molecule has 1 aliphatic heterocycles. The molecule has 1 aliphatic rings. The van der Waals surface area contributed by atoms with Crippen LogP contribution in [0.3, 0.4) is 0 Å². The number of benzene rings is 1. The summed E-state index contributed by atoms with van der Waals surface area (Å²) in [4.78, 5) is 24.8. The molecule has 0 radical (unpaired) electrons. The third-order valence-electron chi connectivity index (χ3n) is 3.10. The maximum Gasteiger partial charge on any atom is 0.228 e. The average Bonchev–Trinajstić information content (AvgIpc) is 2.71. The van der Waals surface area contributed by atoms with Gasteiger partial charge in [-0.15, -0.1) is 0 Å². The van der Waals surface area contributed by atoms with E-state index in [9.17, 15) is 9.59 Å². The van der Waals surface area contributed by atoms with Crippen LogP contribution in [0.1, 0.15) is 18.9 Å². The van der Waals surface area contributed by atoms with Crippen molar-refractivity contribution < 1.29 is 9.59 Å². The lowest BCUT2D eigenvalue weighted by atomic mass is 10.1. The van der Waals surface area contributed by atoms with E-state index in [0.29, 0.717) is 19.5 Å². The van der Waals surface area contributed by atoms with Gasteiger partial charge in [-0.1, -0.05) is 23.9 Å². The minimum Gasteiger partial charge on any atom is -0.330 e. The Morgan fingerprint density at radius 1 is 1.42 bits per heavy atom. The molecule has 1 fully saturated rings. The van der Waals surface area contributed by atoms with Gasteiger partial charge < -0.3 is 10.6 Å². The molecule has 2 N–H and O–H groups in total. The Morgan fingerprint density at radius 3 is 2.68 bits per heavy atom. The normalized spacial score (nSPS) is 18.9. The number of amides is 1. The van der Waals surface area contributed by atoms with Crippen LogP contribution < -0.4 is 10.6 Å². The molecule has 1 amide bonds. The molecule has 4 nitrogen and oxygen atoms in total. The van der Waals surface area contributed by atoms with Gasteiger partial charge in [0.1, 0.15) is 0 Å². The summed E-state index contributed by atoms with van der Waals surface area (Å²) in [5, 5.41) is 0.145. The Labute approximate surface area is 117 Å². The van der Waals surface area contributed by atoms with E-state index in [2.05, 4.69) is 0 Å². The Bertz CT molecular complexity index is 473. The maximum absolute atomic E-state index is 12.0. The van der Waals surface area contributed by atoms with Gasteiger partial charge in [0.2, 0.25) is 5.91 Å². The molecule has 1 atom stereocenters. The van der Waals surface area contributed by atoms with Crippen LogP contribution in [-0.4, -0.2) is 29.4 Å². The molecule has 1 aromatic rings. The zero-order valence-corrected chi connectivity index (χ0v) is 11.8. The van der Waals surface area contributed by atoms with Gasteiger partial charge in [0.15, 0.2) is 5.12 Å². The largest absolute Gasteiger partial charge is 0.330 e. The van der Waals surface area contributed by atoms with Crippen molar-refractivity contribution in [3.05, 3.63) is 29.8 Å². The van der Waals surface area contributed by atoms with Crippen molar-refractivity contribution >= 4 is 28.5 Å². The Balaban J connectivity index is 2.05. The first-order valence-corrected chi connectivity index (χ1v) is 7.24. The second-order valence-corrected chi connectivity index (χ2v) is 6.12. The average molecular weight is 278 g/mol. The van der Waals surface area contributed by atoms with Crippen molar-refractivity contribution in [2.75, 3.05) is 18.0 Å². The molecule has 19 heavy (non-hydrogen) atoms. The number of nitrogens with zero attached hydrogens (tertiary/aromatic N) is 1. The van der Waals surface area contributed by atoms with E-state index in [1.54, 1.807) is 11.8 Å². The van der Waals surface area contributed by atoms with Gasteiger partial charge in [-0.3, -0.25) is 9.59 Å². The molecule has 0 aliphatic carbocycles. The number of thioether (sulfide) groups is 1. The van der Waals surface area contributed by atoms with Crippen LogP contribution >= 0.6 is 11.8 Å². The second-order valence-electron chi connectivity index (χ2n) is 4.65. The molecule has 0 aromatic heterocycles. The van der Waals surface area contributed by atoms with Gasteiger partial charge in [-0.2, -0.15) is 0 Å². The third-order valence-corrected chi connectivity index (χ3v) is 4.08. The van der Waals surface area contributed by atoms with Gasteiger partial charge in [0.05, 0.1) is 0 Å². The zero-order valence-electron chi connectivity index (χ0n) is 11.0. The number of nitrogens with two attached hydrogens (primary N) is 1. The van der Waals surface area contributed by atoms with Gasteiger partial charge in [0, 0.05) is 30.8 Å². The van der Waals surface area contributed by atoms with E-state index < -0.39 is 0 Å². The minimum absolute atomic E-state index is 0.0675. The Morgan fingerprint density at radius 2 is 2.11 bits per heavy atom. The summed E-state index contributed by atoms with van der Waals surface area (Å²) < 4.78 is 0. The topological polar surface area (TPSA) is 63.4 Å². The monoisotopic (exact) mass is 278 g/mol. The van der Waals surface area contributed by atoms with E-state index in [1.807, 2.05) is 24.3 Å². The van der Waals surface area contributed by atoms with Crippen LogP contribution in [0.5, 0.6) is 0 Å². The molecule has 1 saturated heterocycles. The smallest absolute Gasteiger partial charge is 0.228 e. The summed E-state index contributed by atoms with van der Waals surface area (Å²) in [7, 11) is 0. The molecule has 0 bridgehead atoms. The first-order chi connectivity index (χ1) is 9.10. The minimum atomic E-state index is 0.0675. The van der Waals surface area contributed by atoms with Crippen molar-refractivity contribution in [3.63, 3.8) is 0 Å². The summed E-state index contributed by atoms with van der Waals surface area (Å²) in [6.07, 6.45) is 1.28. The fourth-order valence-corrected chi connectivity index (χ4v) is 3.17. The summed E-state index contributed by atoms with van der Waals surface area (Å²) in [5.41, 5.74) is 7.58. The molecule has 102 valence electrons. The molecular formula is C14H18N2O2S. The van der Waals surface area contributed by atoms with Gasteiger partial charge in [0.25, 0.3) is 0 Å². The lowest BCUT2D eigenvalue weighted by Crippen LogP contribution is -2.24. The van der Waals surface area contributed by atoms with Crippen LogP contribution in [0.15, 0.2) is 24.3 Å². The summed E-state index contributed by atoms with van der Waals surface area (Å²) >= 11 is 1.26. The lowest BCUT2D eigenvalue weighted by molar-refractivity contribution is -0.117. The first-order valence-electron chi connectivity index (χ1n) is 6.36. The SMILES string of the molecule is CC(=O)SC1CC(=O)N(c2ccc(CCN)cc2)C1. The van der Waals surface area contributed by atoms with Crippen molar-refractivity contribution in [1.82, 2.24) is 0 Å².